The van der Waals surface area contributed by atoms with Gasteiger partial charge in [0.15, 0.2) is 0 Å². The lowest BCUT2D eigenvalue weighted by Crippen LogP contribution is -2.57. The molecule has 0 aliphatic carbocycles. The van der Waals surface area contributed by atoms with Crippen molar-refractivity contribution in [2.24, 2.45) is 4.99 Å². The van der Waals surface area contributed by atoms with E-state index in [9.17, 15) is 4.39 Å². The SMILES string of the molecule is Cc1cc2c(cc1C)NC1(CCNCC1)C(=NCc1cccc(F)c1)N2. The molecule has 3 N–H and O–H groups in total. The van der Waals surface area contributed by atoms with Gasteiger partial charge in [-0.1, -0.05) is 12.1 Å². The van der Waals surface area contributed by atoms with Gasteiger partial charge in [0, 0.05) is 0 Å². The van der Waals surface area contributed by atoms with Gasteiger partial charge in [0.2, 0.25) is 0 Å². The highest BCUT2D eigenvalue weighted by atomic mass is 19.1. The molecule has 5 heteroatoms. The zero-order chi connectivity index (χ0) is 18.1. The number of aliphatic imine (C=N–C) groups is 1. The van der Waals surface area contributed by atoms with Gasteiger partial charge in [-0.2, -0.15) is 0 Å². The summed E-state index contributed by atoms with van der Waals surface area (Å²) >= 11 is 0. The number of halogens is 1. The minimum Gasteiger partial charge on any atom is -0.371 e. The van der Waals surface area contributed by atoms with Crippen LogP contribution in [-0.2, 0) is 6.54 Å². The van der Waals surface area contributed by atoms with E-state index in [1.165, 1.54) is 17.2 Å². The van der Waals surface area contributed by atoms with Crippen LogP contribution >= 0.6 is 0 Å². The summed E-state index contributed by atoms with van der Waals surface area (Å²) in [6.07, 6.45) is 1.93. The van der Waals surface area contributed by atoms with Gasteiger partial charge in [-0.3, -0.25) is 4.99 Å². The minimum atomic E-state index is -0.217. The lowest BCUT2D eigenvalue weighted by Gasteiger charge is -2.44. The van der Waals surface area contributed by atoms with E-state index < -0.39 is 0 Å². The summed E-state index contributed by atoms with van der Waals surface area (Å²) in [5.41, 5.74) is 5.43. The van der Waals surface area contributed by atoms with Crippen molar-refractivity contribution in [3.63, 3.8) is 0 Å². The second kappa shape index (κ2) is 6.72. The van der Waals surface area contributed by atoms with E-state index in [4.69, 9.17) is 4.99 Å². The summed E-state index contributed by atoms with van der Waals surface area (Å²) in [6, 6.07) is 11.1. The fourth-order valence-corrected chi connectivity index (χ4v) is 3.80. The van der Waals surface area contributed by atoms with Crippen molar-refractivity contribution in [1.82, 2.24) is 5.32 Å². The van der Waals surface area contributed by atoms with Gasteiger partial charge in [0.25, 0.3) is 0 Å². The highest BCUT2D eigenvalue weighted by Gasteiger charge is 2.41. The van der Waals surface area contributed by atoms with E-state index in [1.54, 1.807) is 12.1 Å². The van der Waals surface area contributed by atoms with Crippen molar-refractivity contribution in [3.05, 3.63) is 58.9 Å². The molecule has 26 heavy (non-hydrogen) atoms. The molecule has 2 aromatic rings. The smallest absolute Gasteiger partial charge is 0.127 e. The number of aryl methyl sites for hydroxylation is 2. The summed E-state index contributed by atoms with van der Waals surface area (Å²) < 4.78 is 13.5. The van der Waals surface area contributed by atoms with Gasteiger partial charge in [0.05, 0.1) is 23.5 Å². The van der Waals surface area contributed by atoms with E-state index >= 15 is 0 Å². The number of piperidine rings is 1. The molecule has 1 fully saturated rings. The van der Waals surface area contributed by atoms with Crippen LogP contribution in [0, 0.1) is 19.7 Å². The topological polar surface area (TPSA) is 48.5 Å². The molecule has 0 amide bonds. The molecule has 0 bridgehead atoms. The van der Waals surface area contributed by atoms with E-state index in [0.717, 1.165) is 48.7 Å². The first-order valence-electron chi connectivity index (χ1n) is 9.22. The highest BCUT2D eigenvalue weighted by molar-refractivity contribution is 6.09. The van der Waals surface area contributed by atoms with Crippen molar-refractivity contribution in [1.29, 1.82) is 0 Å². The Morgan fingerprint density at radius 3 is 2.50 bits per heavy atom. The second-order valence-corrected chi connectivity index (χ2v) is 7.36. The Labute approximate surface area is 153 Å². The maximum absolute atomic E-state index is 13.5. The Morgan fingerprint density at radius 1 is 1.04 bits per heavy atom. The molecule has 0 radical (unpaired) electrons. The van der Waals surface area contributed by atoms with Crippen LogP contribution in [0.25, 0.3) is 0 Å². The average Bonchev–Trinajstić information content (AvgIpc) is 2.62. The molecular formula is C21H25FN4. The lowest BCUT2D eigenvalue weighted by atomic mass is 9.84. The van der Waals surface area contributed by atoms with Crippen LogP contribution in [0.3, 0.4) is 0 Å². The van der Waals surface area contributed by atoms with Crippen molar-refractivity contribution in [3.8, 4) is 0 Å². The molecule has 0 atom stereocenters. The molecule has 2 aliphatic heterocycles. The Morgan fingerprint density at radius 2 is 1.77 bits per heavy atom. The zero-order valence-electron chi connectivity index (χ0n) is 15.3. The average molecular weight is 352 g/mol. The zero-order valence-corrected chi connectivity index (χ0v) is 15.3. The van der Waals surface area contributed by atoms with Crippen LogP contribution in [0.2, 0.25) is 0 Å². The van der Waals surface area contributed by atoms with Crippen molar-refractivity contribution in [2.45, 2.75) is 38.8 Å². The van der Waals surface area contributed by atoms with Gasteiger partial charge >= 0.3 is 0 Å². The molecule has 4 nitrogen and oxygen atoms in total. The summed E-state index contributed by atoms with van der Waals surface area (Å²) in [5.74, 6) is 0.740. The maximum Gasteiger partial charge on any atom is 0.127 e. The number of hydrogen-bond donors (Lipinski definition) is 3. The Balaban J connectivity index is 1.70. The third kappa shape index (κ3) is 3.19. The summed E-state index contributed by atoms with van der Waals surface area (Å²) in [4.78, 5) is 4.87. The van der Waals surface area contributed by atoms with E-state index in [0.29, 0.717) is 6.54 Å². The fourth-order valence-electron chi connectivity index (χ4n) is 3.80. The van der Waals surface area contributed by atoms with Gasteiger partial charge in [-0.05, 0) is 80.7 Å². The first kappa shape index (κ1) is 17.0. The first-order chi connectivity index (χ1) is 12.6. The normalized spacial score (nSPS) is 19.7. The first-order valence-corrected chi connectivity index (χ1v) is 9.22. The van der Waals surface area contributed by atoms with Crippen LogP contribution in [0.4, 0.5) is 15.8 Å². The third-order valence-electron chi connectivity index (χ3n) is 5.48. The Hall–Kier alpha value is -2.40. The number of nitrogens with one attached hydrogen (secondary N) is 3. The Bertz CT molecular complexity index is 853. The fraction of sp³-hybridized carbons (Fsp3) is 0.381. The molecule has 2 aromatic carbocycles. The molecule has 136 valence electrons. The lowest BCUT2D eigenvalue weighted by molar-refractivity contribution is 0.419. The van der Waals surface area contributed by atoms with Gasteiger partial charge in [-0.25, -0.2) is 4.39 Å². The number of nitrogens with zero attached hydrogens (tertiary/aromatic N) is 1. The monoisotopic (exact) mass is 352 g/mol. The van der Waals surface area contributed by atoms with Gasteiger partial charge in [-0.15, -0.1) is 0 Å². The predicted molar refractivity (Wildman–Crippen MR) is 106 cm³/mol. The van der Waals surface area contributed by atoms with Crippen LogP contribution in [0.1, 0.15) is 29.5 Å². The standard InChI is InChI=1S/C21H25FN4/c1-14-10-18-19(11-15(14)2)26-21(6-8-23-9-7-21)20(25-18)24-13-16-4-3-5-17(22)12-16/h3-5,10-12,23,26H,6-9,13H2,1-2H3,(H,24,25). The number of anilines is 2. The summed E-state index contributed by atoms with van der Waals surface area (Å²) in [5, 5.41) is 10.8. The van der Waals surface area contributed by atoms with Crippen LogP contribution < -0.4 is 16.0 Å². The molecule has 1 saturated heterocycles. The molecule has 2 aliphatic rings. The largest absolute Gasteiger partial charge is 0.371 e. The Kier molecular flexibility index (Phi) is 4.41. The van der Waals surface area contributed by atoms with E-state index in [-0.39, 0.29) is 11.4 Å². The van der Waals surface area contributed by atoms with Gasteiger partial charge < -0.3 is 16.0 Å². The third-order valence-corrected chi connectivity index (χ3v) is 5.48. The van der Waals surface area contributed by atoms with Crippen LogP contribution in [0.5, 0.6) is 0 Å². The second-order valence-electron chi connectivity index (χ2n) is 7.36. The number of hydrogen-bond acceptors (Lipinski definition) is 3. The number of benzene rings is 2. The number of fused-ring (bicyclic) bond motifs is 1. The van der Waals surface area contributed by atoms with Crippen LogP contribution in [0.15, 0.2) is 41.4 Å². The predicted octanol–water partition coefficient (Wildman–Crippen LogP) is 4.00. The molecule has 2 heterocycles. The molecule has 1 spiro atoms. The van der Waals surface area contributed by atoms with Gasteiger partial charge in [0.1, 0.15) is 11.7 Å². The molecule has 4 rings (SSSR count). The van der Waals surface area contributed by atoms with Crippen molar-refractivity contribution >= 4 is 17.2 Å². The maximum atomic E-state index is 13.5. The number of amidine groups is 1. The minimum absolute atomic E-state index is 0.187. The highest BCUT2D eigenvalue weighted by Crippen LogP contribution is 2.37. The van der Waals surface area contributed by atoms with Crippen molar-refractivity contribution < 1.29 is 4.39 Å². The molecular weight excluding hydrogens is 327 g/mol. The van der Waals surface area contributed by atoms with E-state index in [1.807, 2.05) is 6.07 Å². The van der Waals surface area contributed by atoms with Crippen LogP contribution in [-0.4, -0.2) is 24.5 Å². The summed E-state index contributed by atoms with van der Waals surface area (Å²) in [7, 11) is 0. The van der Waals surface area contributed by atoms with Crippen molar-refractivity contribution in [2.75, 3.05) is 23.7 Å². The molecule has 0 aromatic heterocycles. The number of rotatable bonds is 2. The molecule has 0 unspecified atom stereocenters. The molecule has 0 saturated carbocycles. The quantitative estimate of drug-likeness (QED) is 0.766. The summed E-state index contributed by atoms with van der Waals surface area (Å²) in [6.45, 7) is 6.63. The van der Waals surface area contributed by atoms with E-state index in [2.05, 4.69) is 41.9 Å².